The van der Waals surface area contributed by atoms with Crippen molar-refractivity contribution in [3.05, 3.63) is 59.2 Å². The molecule has 0 aliphatic heterocycles. The van der Waals surface area contributed by atoms with Gasteiger partial charge in [-0.25, -0.2) is 9.97 Å². The van der Waals surface area contributed by atoms with Gasteiger partial charge in [0.05, 0.1) is 5.52 Å². The van der Waals surface area contributed by atoms with E-state index in [2.05, 4.69) is 55.1 Å². The van der Waals surface area contributed by atoms with Crippen LogP contribution in [-0.4, -0.2) is 15.0 Å². The number of H-pyrrole nitrogens is 1. The number of halogens is 1. The van der Waals surface area contributed by atoms with Crippen LogP contribution in [0.25, 0.3) is 33.3 Å². The molecule has 0 saturated heterocycles. The molecule has 2 aromatic heterocycles. The highest BCUT2D eigenvalue weighted by Crippen LogP contribution is 2.28. The van der Waals surface area contributed by atoms with E-state index in [0.717, 1.165) is 27.0 Å². The summed E-state index contributed by atoms with van der Waals surface area (Å²) in [6.07, 6.45) is 1.76. The minimum Gasteiger partial charge on any atom is -0.337 e. The van der Waals surface area contributed by atoms with Gasteiger partial charge in [-0.2, -0.15) is 0 Å². The van der Waals surface area contributed by atoms with E-state index >= 15 is 0 Å². The average Bonchev–Trinajstić information content (AvgIpc) is 2.89. The zero-order valence-corrected chi connectivity index (χ0v) is 12.1. The van der Waals surface area contributed by atoms with Crippen molar-refractivity contribution in [1.29, 1.82) is 0 Å². The number of hydrogen-bond acceptors (Lipinski definition) is 2. The summed E-state index contributed by atoms with van der Waals surface area (Å²) >= 11 is 3.43. The first kappa shape index (κ1) is 11.6. The third-order valence-corrected chi connectivity index (χ3v) is 3.78. The smallest absolute Gasteiger partial charge is 0.178 e. The predicted molar refractivity (Wildman–Crippen MR) is 84.5 cm³/mol. The van der Waals surface area contributed by atoms with Crippen LogP contribution >= 0.6 is 15.9 Å². The third-order valence-electron chi connectivity index (χ3n) is 3.35. The highest BCUT2D eigenvalue weighted by Gasteiger charge is 2.09. The van der Waals surface area contributed by atoms with Crippen molar-refractivity contribution < 1.29 is 0 Å². The maximum absolute atomic E-state index is 4.59. The lowest BCUT2D eigenvalue weighted by Crippen LogP contribution is -1.83. The number of rotatable bonds is 1. The first-order chi connectivity index (χ1) is 9.81. The monoisotopic (exact) mass is 323 g/mol. The number of fused-ring (bicyclic) bond motifs is 2. The van der Waals surface area contributed by atoms with Crippen molar-refractivity contribution in [3.63, 3.8) is 0 Å². The molecular formula is C16H10BrN3. The second kappa shape index (κ2) is 4.42. The van der Waals surface area contributed by atoms with Gasteiger partial charge in [-0.3, -0.25) is 0 Å². The van der Waals surface area contributed by atoms with Crippen LogP contribution in [0, 0.1) is 0 Å². The van der Waals surface area contributed by atoms with E-state index in [9.17, 15) is 0 Å². The van der Waals surface area contributed by atoms with Crippen molar-refractivity contribution in [2.45, 2.75) is 0 Å². The number of benzene rings is 2. The summed E-state index contributed by atoms with van der Waals surface area (Å²) in [4.78, 5) is 12.2. The minimum absolute atomic E-state index is 0.733. The molecule has 0 aliphatic rings. The van der Waals surface area contributed by atoms with Crippen molar-refractivity contribution in [1.82, 2.24) is 15.0 Å². The van der Waals surface area contributed by atoms with Crippen molar-refractivity contribution in [3.8, 4) is 11.4 Å². The van der Waals surface area contributed by atoms with Crippen LogP contribution in [0.1, 0.15) is 0 Å². The van der Waals surface area contributed by atoms with Gasteiger partial charge < -0.3 is 4.98 Å². The van der Waals surface area contributed by atoms with E-state index in [1.165, 1.54) is 10.8 Å². The molecule has 4 rings (SSSR count). The molecule has 20 heavy (non-hydrogen) atoms. The molecule has 0 unspecified atom stereocenters. The molecule has 0 amide bonds. The quantitative estimate of drug-likeness (QED) is 0.558. The molecule has 0 spiro atoms. The predicted octanol–water partition coefficient (Wildman–Crippen LogP) is 4.54. The maximum atomic E-state index is 4.59. The number of imidazole rings is 1. The van der Waals surface area contributed by atoms with Gasteiger partial charge in [-0.05, 0) is 32.8 Å². The van der Waals surface area contributed by atoms with Crippen LogP contribution in [0.5, 0.6) is 0 Å². The second-order valence-corrected chi connectivity index (χ2v) is 5.55. The average molecular weight is 324 g/mol. The topological polar surface area (TPSA) is 41.6 Å². The first-order valence-corrected chi connectivity index (χ1v) is 7.10. The Balaban J connectivity index is 2.01. The Kier molecular flexibility index (Phi) is 2.57. The van der Waals surface area contributed by atoms with E-state index in [4.69, 9.17) is 0 Å². The molecule has 96 valence electrons. The number of hydrogen-bond donors (Lipinski definition) is 1. The summed E-state index contributed by atoms with van der Waals surface area (Å²) in [7, 11) is 0. The summed E-state index contributed by atoms with van der Waals surface area (Å²) in [5.74, 6) is 0.849. The van der Waals surface area contributed by atoms with Crippen LogP contribution in [0.4, 0.5) is 0 Å². The summed E-state index contributed by atoms with van der Waals surface area (Å²) < 4.78 is 0.943. The van der Waals surface area contributed by atoms with Crippen LogP contribution < -0.4 is 0 Å². The standard InChI is InChI=1S/C16H10BrN3/c17-11-8-14-16(18-9-11)20-15(19-14)13-7-3-5-10-4-1-2-6-12(10)13/h1-9H,(H,18,19,20). The summed E-state index contributed by atoms with van der Waals surface area (Å²) in [5, 5.41) is 2.40. The van der Waals surface area contributed by atoms with Crippen LogP contribution in [0.2, 0.25) is 0 Å². The highest BCUT2D eigenvalue weighted by molar-refractivity contribution is 9.10. The molecule has 4 heteroatoms. The Morgan fingerprint density at radius 3 is 2.80 bits per heavy atom. The van der Waals surface area contributed by atoms with Crippen molar-refractivity contribution in [2.24, 2.45) is 0 Å². The number of nitrogens with zero attached hydrogens (tertiary/aromatic N) is 2. The van der Waals surface area contributed by atoms with Gasteiger partial charge in [0.2, 0.25) is 0 Å². The van der Waals surface area contributed by atoms with Crippen LogP contribution in [0.3, 0.4) is 0 Å². The molecule has 0 atom stereocenters. The Hall–Kier alpha value is -2.20. The van der Waals surface area contributed by atoms with Crippen LogP contribution in [0.15, 0.2) is 59.2 Å². The lowest BCUT2D eigenvalue weighted by molar-refractivity contribution is 1.30. The van der Waals surface area contributed by atoms with Gasteiger partial charge in [0.25, 0.3) is 0 Å². The molecule has 0 aliphatic carbocycles. The van der Waals surface area contributed by atoms with E-state index in [-0.39, 0.29) is 0 Å². The summed E-state index contributed by atoms with van der Waals surface area (Å²) in [6, 6.07) is 16.5. The van der Waals surface area contributed by atoms with Gasteiger partial charge in [0.15, 0.2) is 5.65 Å². The minimum atomic E-state index is 0.733. The molecule has 0 bridgehead atoms. The zero-order valence-electron chi connectivity index (χ0n) is 10.5. The van der Waals surface area contributed by atoms with Gasteiger partial charge in [0, 0.05) is 16.2 Å². The lowest BCUT2D eigenvalue weighted by atomic mass is 10.0. The van der Waals surface area contributed by atoms with Gasteiger partial charge in [-0.1, -0.05) is 42.5 Å². The van der Waals surface area contributed by atoms with Gasteiger partial charge in [0.1, 0.15) is 5.82 Å². The van der Waals surface area contributed by atoms with Crippen LogP contribution in [-0.2, 0) is 0 Å². The third kappa shape index (κ3) is 1.80. The molecular weight excluding hydrogens is 314 g/mol. The van der Waals surface area contributed by atoms with Crippen molar-refractivity contribution in [2.75, 3.05) is 0 Å². The summed E-state index contributed by atoms with van der Waals surface area (Å²) in [5.41, 5.74) is 2.76. The molecule has 0 radical (unpaired) electrons. The molecule has 0 saturated carbocycles. The zero-order chi connectivity index (χ0) is 13.5. The largest absolute Gasteiger partial charge is 0.337 e. The number of pyridine rings is 1. The molecule has 0 fully saturated rings. The van der Waals surface area contributed by atoms with E-state index in [1.807, 2.05) is 24.3 Å². The highest BCUT2D eigenvalue weighted by atomic mass is 79.9. The normalized spacial score (nSPS) is 11.2. The Morgan fingerprint density at radius 1 is 1.00 bits per heavy atom. The molecule has 2 heterocycles. The number of aromatic nitrogens is 3. The van der Waals surface area contributed by atoms with Crippen molar-refractivity contribution >= 4 is 37.9 Å². The molecule has 2 aromatic carbocycles. The SMILES string of the molecule is Brc1cnc2nc(-c3cccc4ccccc34)[nH]c2c1. The molecule has 1 N–H and O–H groups in total. The van der Waals surface area contributed by atoms with Gasteiger partial charge >= 0.3 is 0 Å². The second-order valence-electron chi connectivity index (χ2n) is 4.64. The molecule has 3 nitrogen and oxygen atoms in total. The fourth-order valence-electron chi connectivity index (χ4n) is 2.43. The Bertz CT molecular complexity index is 922. The fourth-order valence-corrected chi connectivity index (χ4v) is 2.77. The van der Waals surface area contributed by atoms with Gasteiger partial charge in [-0.15, -0.1) is 0 Å². The molecule has 4 aromatic rings. The number of nitrogens with one attached hydrogen (secondary N) is 1. The van der Waals surface area contributed by atoms with E-state index < -0.39 is 0 Å². The summed E-state index contributed by atoms with van der Waals surface area (Å²) in [6.45, 7) is 0. The lowest BCUT2D eigenvalue weighted by Gasteiger charge is -2.02. The Morgan fingerprint density at radius 2 is 1.85 bits per heavy atom. The van der Waals surface area contributed by atoms with E-state index in [1.54, 1.807) is 6.20 Å². The number of aromatic amines is 1. The maximum Gasteiger partial charge on any atom is 0.178 e. The Labute approximate surface area is 123 Å². The fraction of sp³-hybridized carbons (Fsp3) is 0. The first-order valence-electron chi connectivity index (χ1n) is 6.31. The van der Waals surface area contributed by atoms with E-state index in [0.29, 0.717) is 0 Å².